The number of rotatable bonds is 5. The first kappa shape index (κ1) is 19.1. The van der Waals surface area contributed by atoms with Crippen LogP contribution < -0.4 is 4.72 Å². The Morgan fingerprint density at radius 2 is 1.61 bits per heavy atom. The summed E-state index contributed by atoms with van der Waals surface area (Å²) in [6.45, 7) is 4.44. The monoisotopic (exact) mass is 363 g/mol. The lowest BCUT2D eigenvalue weighted by Crippen LogP contribution is -2.34. The molecule has 0 saturated heterocycles. The molecule has 0 unspecified atom stereocenters. The van der Waals surface area contributed by atoms with Gasteiger partial charge in [-0.1, -0.05) is 13.8 Å². The molecule has 1 aromatic heterocycles. The maximum atomic E-state index is 12.4. The van der Waals surface area contributed by atoms with Crippen LogP contribution >= 0.6 is 11.3 Å². The summed E-state index contributed by atoms with van der Waals surface area (Å²) in [4.78, 5) is 35.2. The van der Waals surface area contributed by atoms with Gasteiger partial charge in [-0.3, -0.25) is 4.79 Å². The van der Waals surface area contributed by atoms with Crippen LogP contribution in [-0.4, -0.2) is 40.5 Å². The van der Waals surface area contributed by atoms with Crippen molar-refractivity contribution in [1.29, 1.82) is 0 Å². The fraction of sp³-hybridized carbons (Fsp3) is 0.462. The number of sulfonamides is 1. The second-order valence-corrected chi connectivity index (χ2v) is 7.72. The average Bonchev–Trinajstić information content (AvgIpc) is 2.83. The van der Waals surface area contributed by atoms with E-state index in [0.29, 0.717) is 11.3 Å². The Morgan fingerprint density at radius 1 is 1.09 bits per heavy atom. The minimum atomic E-state index is -4.32. The summed E-state index contributed by atoms with van der Waals surface area (Å²) >= 11 is 0.545. The van der Waals surface area contributed by atoms with E-state index in [9.17, 15) is 22.8 Å². The van der Waals surface area contributed by atoms with E-state index in [1.54, 1.807) is 0 Å². The van der Waals surface area contributed by atoms with Gasteiger partial charge < -0.3 is 9.47 Å². The maximum absolute atomic E-state index is 12.4. The smallest absolute Gasteiger partial charge is 0.348 e. The van der Waals surface area contributed by atoms with Crippen LogP contribution in [0.4, 0.5) is 0 Å². The van der Waals surface area contributed by atoms with Gasteiger partial charge >= 0.3 is 11.9 Å². The molecule has 1 amide bonds. The van der Waals surface area contributed by atoms with Crippen LogP contribution in [0.5, 0.6) is 0 Å². The predicted octanol–water partition coefficient (Wildman–Crippen LogP) is 1.09. The number of hydrogen-bond donors (Lipinski definition) is 1. The van der Waals surface area contributed by atoms with Gasteiger partial charge in [0.15, 0.2) is 4.21 Å². The normalized spacial score (nSPS) is 11.2. The topological polar surface area (TPSA) is 116 Å². The molecular weight excluding hydrogens is 346 g/mol. The average molecular weight is 363 g/mol. The molecule has 1 heterocycles. The number of esters is 2. The highest BCUT2D eigenvalue weighted by Crippen LogP contribution is 2.33. The van der Waals surface area contributed by atoms with E-state index in [0.717, 1.165) is 14.2 Å². The second kappa shape index (κ2) is 7.09. The third-order valence-electron chi connectivity index (χ3n) is 2.88. The summed E-state index contributed by atoms with van der Waals surface area (Å²) in [5, 5.41) is 0. The van der Waals surface area contributed by atoms with Gasteiger partial charge in [-0.15, -0.1) is 11.3 Å². The quantitative estimate of drug-likeness (QED) is 0.778. The highest BCUT2D eigenvalue weighted by atomic mass is 32.2. The van der Waals surface area contributed by atoms with Crippen molar-refractivity contribution in [2.45, 2.75) is 25.0 Å². The van der Waals surface area contributed by atoms with Crippen molar-refractivity contribution in [3.05, 3.63) is 16.0 Å². The lowest BCUT2D eigenvalue weighted by Gasteiger charge is -2.09. The van der Waals surface area contributed by atoms with Crippen molar-refractivity contribution in [2.75, 3.05) is 14.2 Å². The molecule has 0 aliphatic heterocycles. The summed E-state index contributed by atoms with van der Waals surface area (Å²) in [7, 11) is -2.11. The first-order chi connectivity index (χ1) is 10.6. The van der Waals surface area contributed by atoms with Crippen LogP contribution in [0.25, 0.3) is 0 Å². The minimum absolute atomic E-state index is 0.0507. The van der Waals surface area contributed by atoms with E-state index in [1.807, 2.05) is 4.72 Å². The molecular formula is C13H17NO7S2. The fourth-order valence-electron chi connectivity index (χ4n) is 1.60. The molecule has 0 radical (unpaired) electrons. The predicted molar refractivity (Wildman–Crippen MR) is 81.9 cm³/mol. The number of methoxy groups -OCH3 is 2. The SMILES string of the molecule is COC(=O)c1sc(S(=O)(=O)NC(=O)C(C)C)c(C(=O)OC)c1C. The molecule has 10 heteroatoms. The number of thiophene rings is 1. The van der Waals surface area contributed by atoms with E-state index in [1.165, 1.54) is 20.8 Å². The van der Waals surface area contributed by atoms with Crippen LogP contribution in [0, 0.1) is 12.8 Å². The van der Waals surface area contributed by atoms with Crippen LogP contribution in [0.3, 0.4) is 0 Å². The molecule has 1 rings (SSSR count). The molecule has 0 aromatic carbocycles. The molecule has 128 valence electrons. The molecule has 0 spiro atoms. The van der Waals surface area contributed by atoms with Crippen LogP contribution in [0.1, 0.15) is 39.4 Å². The number of carbonyl (C=O) groups excluding carboxylic acids is 3. The Balaban J connectivity index is 3.53. The third-order valence-corrected chi connectivity index (χ3v) is 6.02. The van der Waals surface area contributed by atoms with Gasteiger partial charge in [0.2, 0.25) is 5.91 Å². The molecule has 8 nitrogen and oxygen atoms in total. The van der Waals surface area contributed by atoms with E-state index in [4.69, 9.17) is 0 Å². The molecule has 0 saturated carbocycles. The van der Waals surface area contributed by atoms with Crippen molar-refractivity contribution < 1.29 is 32.3 Å². The molecule has 23 heavy (non-hydrogen) atoms. The summed E-state index contributed by atoms with van der Waals surface area (Å²) < 4.78 is 35.3. The lowest BCUT2D eigenvalue weighted by molar-refractivity contribution is -0.122. The van der Waals surface area contributed by atoms with E-state index in [2.05, 4.69) is 9.47 Å². The summed E-state index contributed by atoms with van der Waals surface area (Å²) in [6.07, 6.45) is 0. The number of hydrogen-bond acceptors (Lipinski definition) is 8. The number of amides is 1. The van der Waals surface area contributed by atoms with Crippen molar-refractivity contribution in [3.63, 3.8) is 0 Å². The first-order valence-corrected chi connectivity index (χ1v) is 8.73. The van der Waals surface area contributed by atoms with Crippen LogP contribution in [-0.2, 0) is 24.3 Å². The van der Waals surface area contributed by atoms with Gasteiger partial charge in [-0.25, -0.2) is 22.7 Å². The molecule has 0 aliphatic carbocycles. The van der Waals surface area contributed by atoms with Crippen molar-refractivity contribution in [2.24, 2.45) is 5.92 Å². The highest BCUT2D eigenvalue weighted by Gasteiger charge is 2.33. The van der Waals surface area contributed by atoms with E-state index < -0.39 is 38.0 Å². The number of carbonyl (C=O) groups is 3. The zero-order valence-electron chi connectivity index (χ0n) is 13.3. The third kappa shape index (κ3) is 3.88. The van der Waals surface area contributed by atoms with Gasteiger partial charge in [-0.05, 0) is 12.5 Å². The van der Waals surface area contributed by atoms with Gasteiger partial charge in [0, 0.05) is 5.92 Å². The standard InChI is InChI=1S/C13H17NO7S2/c1-6(2)10(15)14-23(18,19)13-8(11(16)20-4)7(3)9(22-13)12(17)21-5/h6H,1-5H3,(H,14,15). The number of nitrogens with one attached hydrogen (secondary N) is 1. The summed E-state index contributed by atoms with van der Waals surface area (Å²) in [6, 6.07) is 0. The lowest BCUT2D eigenvalue weighted by atomic mass is 10.2. The molecule has 1 aromatic rings. The first-order valence-electron chi connectivity index (χ1n) is 6.43. The summed E-state index contributed by atoms with van der Waals surface area (Å²) in [5.74, 6) is -3.01. The van der Waals surface area contributed by atoms with Gasteiger partial charge in [0.05, 0.1) is 19.8 Å². The zero-order chi connectivity index (χ0) is 17.9. The van der Waals surface area contributed by atoms with Gasteiger partial charge in [-0.2, -0.15) is 0 Å². The molecule has 0 atom stereocenters. The van der Waals surface area contributed by atoms with E-state index >= 15 is 0 Å². The molecule has 1 N–H and O–H groups in total. The Hall–Kier alpha value is -1.94. The molecule has 0 aliphatic rings. The largest absolute Gasteiger partial charge is 0.465 e. The maximum Gasteiger partial charge on any atom is 0.348 e. The molecule has 0 fully saturated rings. The van der Waals surface area contributed by atoms with E-state index in [-0.39, 0.29) is 16.0 Å². The highest BCUT2D eigenvalue weighted by molar-refractivity contribution is 7.92. The minimum Gasteiger partial charge on any atom is -0.465 e. The second-order valence-electron chi connectivity index (χ2n) is 4.83. The van der Waals surface area contributed by atoms with Gasteiger partial charge in [0.25, 0.3) is 10.0 Å². The van der Waals surface area contributed by atoms with Gasteiger partial charge in [0.1, 0.15) is 4.88 Å². The fourth-order valence-corrected chi connectivity index (χ4v) is 4.46. The van der Waals surface area contributed by atoms with Crippen molar-refractivity contribution >= 4 is 39.2 Å². The van der Waals surface area contributed by atoms with Crippen molar-refractivity contribution in [3.8, 4) is 0 Å². The molecule has 0 bridgehead atoms. The van der Waals surface area contributed by atoms with Crippen molar-refractivity contribution in [1.82, 2.24) is 4.72 Å². The van der Waals surface area contributed by atoms with Crippen LogP contribution in [0.15, 0.2) is 4.21 Å². The zero-order valence-corrected chi connectivity index (χ0v) is 14.9. The number of ether oxygens (including phenoxy) is 2. The Morgan fingerprint density at radius 3 is 2.04 bits per heavy atom. The Labute approximate surface area is 137 Å². The Bertz CT molecular complexity index is 747. The Kier molecular flexibility index (Phi) is 5.89. The van der Waals surface area contributed by atoms with Crippen LogP contribution in [0.2, 0.25) is 0 Å². The summed E-state index contributed by atoms with van der Waals surface area (Å²) in [5.41, 5.74) is -0.173.